The van der Waals surface area contributed by atoms with Crippen LogP contribution >= 0.6 is 0 Å². The first-order valence-corrected chi connectivity index (χ1v) is 12.7. The van der Waals surface area contributed by atoms with Gasteiger partial charge in [-0.25, -0.2) is 9.97 Å². The Kier molecular flexibility index (Phi) is 6.94. The van der Waals surface area contributed by atoms with E-state index in [0.717, 1.165) is 38.9 Å². The molecule has 192 valence electrons. The van der Waals surface area contributed by atoms with Crippen LogP contribution in [0.1, 0.15) is 40.4 Å². The number of para-hydroxylation sites is 1. The summed E-state index contributed by atoms with van der Waals surface area (Å²) in [6.07, 6.45) is 3.58. The third kappa shape index (κ3) is 5.35. The molecule has 2 aliphatic heterocycles. The number of rotatable bonds is 7. The van der Waals surface area contributed by atoms with Gasteiger partial charge in [0.15, 0.2) is 11.4 Å². The molecule has 1 amide bonds. The zero-order valence-electron chi connectivity index (χ0n) is 20.9. The number of carbonyl (C=O) groups excluding carboxylic acids is 1. The van der Waals surface area contributed by atoms with Gasteiger partial charge in [0.1, 0.15) is 12.4 Å². The molecule has 1 saturated heterocycles. The summed E-state index contributed by atoms with van der Waals surface area (Å²) in [6, 6.07) is 17.3. The van der Waals surface area contributed by atoms with Crippen LogP contribution in [0.25, 0.3) is 0 Å². The maximum absolute atomic E-state index is 12.3. The largest absolute Gasteiger partial charge is 0.504 e. The molecular formula is C28H31N5O4. The maximum atomic E-state index is 12.3. The molecule has 3 heterocycles. The number of aryl methyl sites for hydroxylation is 1. The quantitative estimate of drug-likeness (QED) is 0.450. The van der Waals surface area contributed by atoms with Crippen LogP contribution in [0.3, 0.4) is 0 Å². The van der Waals surface area contributed by atoms with Crippen molar-refractivity contribution in [2.24, 2.45) is 5.92 Å². The molecule has 3 aromatic rings. The van der Waals surface area contributed by atoms with Crippen molar-refractivity contribution in [2.45, 2.75) is 32.6 Å². The lowest BCUT2D eigenvalue weighted by atomic mass is 9.92. The number of hydrogen-bond acceptors (Lipinski definition) is 7. The minimum absolute atomic E-state index is 0.177. The number of nitrogens with zero attached hydrogens (tertiary/aromatic N) is 4. The highest BCUT2D eigenvalue weighted by Gasteiger charge is 2.25. The van der Waals surface area contributed by atoms with Crippen molar-refractivity contribution in [3.05, 3.63) is 71.3 Å². The van der Waals surface area contributed by atoms with Gasteiger partial charge in [0.25, 0.3) is 5.91 Å². The van der Waals surface area contributed by atoms with Gasteiger partial charge in [-0.2, -0.15) is 0 Å². The first kappa shape index (κ1) is 24.5. The maximum Gasteiger partial charge on any atom is 0.322 e. The second kappa shape index (κ2) is 10.5. The Morgan fingerprint density at radius 3 is 2.51 bits per heavy atom. The SMILES string of the molecule is Cc1nc(CC2CCN(c3ccc4c(c3)CCN4c3ccccc3)CC2)nc(C(=O)NCC(=O)O)c1O. The highest BCUT2D eigenvalue weighted by Crippen LogP contribution is 2.37. The summed E-state index contributed by atoms with van der Waals surface area (Å²) >= 11 is 0. The molecule has 0 aliphatic carbocycles. The molecule has 2 aliphatic rings. The Labute approximate surface area is 215 Å². The van der Waals surface area contributed by atoms with E-state index in [2.05, 4.69) is 67.5 Å². The average molecular weight is 502 g/mol. The third-order valence-corrected chi connectivity index (χ3v) is 7.20. The minimum Gasteiger partial charge on any atom is -0.504 e. The molecule has 0 spiro atoms. The summed E-state index contributed by atoms with van der Waals surface area (Å²) in [4.78, 5) is 36.5. The standard InChI is InChI=1S/C28H31N5O4/c1-18-27(36)26(28(37)29-17-25(34)35)31-24(30-18)15-19-9-12-32(13-10-19)22-7-8-23-20(16-22)11-14-33(23)21-5-3-2-4-6-21/h2-8,16,19,36H,9-15,17H2,1H3,(H,29,37)(H,34,35). The van der Waals surface area contributed by atoms with E-state index < -0.39 is 18.4 Å². The Morgan fingerprint density at radius 1 is 1.03 bits per heavy atom. The summed E-state index contributed by atoms with van der Waals surface area (Å²) < 4.78 is 0. The first-order valence-electron chi connectivity index (χ1n) is 12.7. The molecule has 0 unspecified atom stereocenters. The number of amides is 1. The second-order valence-electron chi connectivity index (χ2n) is 9.68. The van der Waals surface area contributed by atoms with E-state index in [4.69, 9.17) is 5.11 Å². The molecule has 0 saturated carbocycles. The lowest BCUT2D eigenvalue weighted by Crippen LogP contribution is -2.34. The van der Waals surface area contributed by atoms with E-state index in [-0.39, 0.29) is 11.4 Å². The molecule has 5 rings (SSSR count). The van der Waals surface area contributed by atoms with Gasteiger partial charge in [-0.15, -0.1) is 0 Å². The normalized spacial score (nSPS) is 15.5. The Bertz CT molecular complexity index is 1310. The van der Waals surface area contributed by atoms with Crippen LogP contribution in [0, 0.1) is 12.8 Å². The first-order chi connectivity index (χ1) is 17.9. The fourth-order valence-corrected chi connectivity index (χ4v) is 5.23. The average Bonchev–Trinajstić information content (AvgIpc) is 3.33. The van der Waals surface area contributed by atoms with Crippen LogP contribution in [0.4, 0.5) is 17.1 Å². The lowest BCUT2D eigenvalue weighted by Gasteiger charge is -2.34. The number of aromatic hydroxyl groups is 1. The van der Waals surface area contributed by atoms with Crippen LogP contribution in [0.15, 0.2) is 48.5 Å². The molecule has 9 nitrogen and oxygen atoms in total. The van der Waals surface area contributed by atoms with Crippen LogP contribution in [-0.2, 0) is 17.6 Å². The van der Waals surface area contributed by atoms with Crippen molar-refractivity contribution in [1.29, 1.82) is 0 Å². The van der Waals surface area contributed by atoms with Gasteiger partial charge in [-0.3, -0.25) is 9.59 Å². The summed E-state index contributed by atoms with van der Waals surface area (Å²) in [5.74, 6) is -1.35. The van der Waals surface area contributed by atoms with Crippen LogP contribution in [0.5, 0.6) is 5.75 Å². The topological polar surface area (TPSA) is 119 Å². The number of carbonyl (C=O) groups is 2. The van der Waals surface area contributed by atoms with E-state index in [9.17, 15) is 14.7 Å². The van der Waals surface area contributed by atoms with Gasteiger partial charge < -0.3 is 25.3 Å². The molecule has 37 heavy (non-hydrogen) atoms. The van der Waals surface area contributed by atoms with Crippen molar-refractivity contribution in [3.8, 4) is 5.75 Å². The monoisotopic (exact) mass is 501 g/mol. The van der Waals surface area contributed by atoms with Crippen molar-refractivity contribution in [1.82, 2.24) is 15.3 Å². The van der Waals surface area contributed by atoms with E-state index in [1.54, 1.807) is 6.92 Å². The zero-order chi connectivity index (χ0) is 25.9. The predicted molar refractivity (Wildman–Crippen MR) is 141 cm³/mol. The van der Waals surface area contributed by atoms with Gasteiger partial charge in [0.05, 0.1) is 5.69 Å². The summed E-state index contributed by atoms with van der Waals surface area (Å²) in [7, 11) is 0. The highest BCUT2D eigenvalue weighted by molar-refractivity contribution is 5.96. The highest BCUT2D eigenvalue weighted by atomic mass is 16.4. The number of nitrogens with one attached hydrogen (secondary N) is 1. The Balaban J connectivity index is 1.21. The van der Waals surface area contributed by atoms with Gasteiger partial charge in [-0.1, -0.05) is 18.2 Å². The Morgan fingerprint density at radius 2 is 1.78 bits per heavy atom. The number of carboxylic acid groups (broad SMARTS) is 1. The minimum atomic E-state index is -1.16. The van der Waals surface area contributed by atoms with E-state index in [1.807, 2.05) is 6.07 Å². The molecule has 0 atom stereocenters. The molecule has 1 fully saturated rings. The number of aliphatic carboxylic acids is 1. The lowest BCUT2D eigenvalue weighted by molar-refractivity contribution is -0.135. The molecule has 3 N–H and O–H groups in total. The van der Waals surface area contributed by atoms with E-state index >= 15 is 0 Å². The van der Waals surface area contributed by atoms with Crippen molar-refractivity contribution in [2.75, 3.05) is 36.0 Å². The molecule has 1 aromatic heterocycles. The molecule has 0 bridgehead atoms. The predicted octanol–water partition coefficient (Wildman–Crippen LogP) is 3.46. The second-order valence-corrected chi connectivity index (χ2v) is 9.68. The Hall–Kier alpha value is -4.14. The van der Waals surface area contributed by atoms with Gasteiger partial charge in [0.2, 0.25) is 0 Å². The molecular weight excluding hydrogens is 470 g/mol. The molecule has 9 heteroatoms. The number of aromatic nitrogens is 2. The van der Waals surface area contributed by atoms with Crippen molar-refractivity contribution in [3.63, 3.8) is 0 Å². The van der Waals surface area contributed by atoms with Crippen molar-refractivity contribution >= 4 is 28.9 Å². The smallest absolute Gasteiger partial charge is 0.322 e. The number of carboxylic acids is 1. The van der Waals surface area contributed by atoms with Gasteiger partial charge >= 0.3 is 5.97 Å². The van der Waals surface area contributed by atoms with Gasteiger partial charge in [-0.05, 0) is 68.0 Å². The fraction of sp³-hybridized carbons (Fsp3) is 0.357. The zero-order valence-corrected chi connectivity index (χ0v) is 20.9. The number of hydrogen-bond donors (Lipinski definition) is 3. The molecule has 0 radical (unpaired) electrons. The summed E-state index contributed by atoms with van der Waals surface area (Å²) in [5.41, 5.74) is 5.28. The summed E-state index contributed by atoms with van der Waals surface area (Å²) in [5, 5.41) is 21.3. The van der Waals surface area contributed by atoms with E-state index in [1.165, 1.54) is 22.6 Å². The van der Waals surface area contributed by atoms with Crippen molar-refractivity contribution < 1.29 is 19.8 Å². The fourth-order valence-electron chi connectivity index (χ4n) is 5.23. The molecule has 2 aromatic carbocycles. The van der Waals surface area contributed by atoms with E-state index in [0.29, 0.717) is 23.9 Å². The number of benzene rings is 2. The third-order valence-electron chi connectivity index (χ3n) is 7.20. The number of piperidine rings is 1. The van der Waals surface area contributed by atoms with Crippen LogP contribution < -0.4 is 15.1 Å². The summed E-state index contributed by atoms with van der Waals surface area (Å²) in [6.45, 7) is 3.92. The van der Waals surface area contributed by atoms with Crippen LogP contribution in [0.2, 0.25) is 0 Å². The van der Waals surface area contributed by atoms with Gasteiger partial charge in [0, 0.05) is 43.1 Å². The number of fused-ring (bicyclic) bond motifs is 1. The van der Waals surface area contributed by atoms with Crippen LogP contribution in [-0.4, -0.2) is 58.2 Å². The number of anilines is 3.